The Morgan fingerprint density at radius 1 is 1.25 bits per heavy atom. The maximum Gasteiger partial charge on any atom is 0.175 e. The Bertz CT molecular complexity index is 613. The van der Waals surface area contributed by atoms with Crippen LogP contribution in [0, 0.1) is 0 Å². The van der Waals surface area contributed by atoms with Crippen molar-refractivity contribution in [3.8, 4) is 16.9 Å². The minimum Gasteiger partial charge on any atom is -0.496 e. The minimum atomic E-state index is 0.0286. The smallest absolute Gasteiger partial charge is 0.175 e. The van der Waals surface area contributed by atoms with Crippen LogP contribution >= 0.6 is 0 Å². The van der Waals surface area contributed by atoms with Crippen molar-refractivity contribution >= 4 is 5.82 Å². The molecule has 2 aromatic rings. The minimum absolute atomic E-state index is 0.0286. The molecule has 4 nitrogen and oxygen atoms in total. The lowest BCUT2D eigenvalue weighted by Gasteiger charge is -2.21. The number of rotatable bonds is 3. The molecule has 0 atom stereocenters. The quantitative estimate of drug-likeness (QED) is 0.924. The van der Waals surface area contributed by atoms with Crippen LogP contribution in [0.3, 0.4) is 0 Å². The number of hydrogen-bond donors (Lipinski definition) is 1. The normalized spacial score (nSPS) is 17.3. The van der Waals surface area contributed by atoms with E-state index in [1.54, 1.807) is 7.11 Å². The first kappa shape index (κ1) is 13.0. The summed E-state index contributed by atoms with van der Waals surface area (Å²) in [6.45, 7) is 2.23. The summed E-state index contributed by atoms with van der Waals surface area (Å²) in [4.78, 5) is 0. The maximum absolute atomic E-state index is 6.06. The third-order valence-electron chi connectivity index (χ3n) is 4.35. The van der Waals surface area contributed by atoms with Gasteiger partial charge in [0.1, 0.15) is 5.75 Å². The van der Waals surface area contributed by atoms with E-state index in [9.17, 15) is 0 Å². The summed E-state index contributed by atoms with van der Waals surface area (Å²) >= 11 is 0. The molecule has 0 aliphatic heterocycles. The van der Waals surface area contributed by atoms with E-state index in [0.717, 1.165) is 35.5 Å². The van der Waals surface area contributed by atoms with Gasteiger partial charge >= 0.3 is 0 Å². The summed E-state index contributed by atoms with van der Waals surface area (Å²) in [5.41, 5.74) is 7.94. The molecule has 0 spiro atoms. The van der Waals surface area contributed by atoms with E-state index in [1.165, 1.54) is 12.8 Å². The molecule has 1 aliphatic carbocycles. The number of nitrogen functional groups attached to an aromatic ring is 1. The van der Waals surface area contributed by atoms with Crippen molar-refractivity contribution < 1.29 is 9.26 Å². The van der Waals surface area contributed by atoms with E-state index in [1.807, 2.05) is 24.3 Å². The second kappa shape index (κ2) is 4.85. The number of nitrogens with zero attached hydrogens (tertiary/aromatic N) is 1. The lowest BCUT2D eigenvalue weighted by molar-refractivity contribution is 0.307. The average Bonchev–Trinajstić information content (AvgIpc) is 3.06. The van der Waals surface area contributed by atoms with Gasteiger partial charge < -0.3 is 15.0 Å². The fourth-order valence-electron chi connectivity index (χ4n) is 3.21. The van der Waals surface area contributed by atoms with Gasteiger partial charge in [0.2, 0.25) is 0 Å². The summed E-state index contributed by atoms with van der Waals surface area (Å²) < 4.78 is 11.1. The summed E-state index contributed by atoms with van der Waals surface area (Å²) in [6.07, 6.45) is 4.68. The number of para-hydroxylation sites is 1. The van der Waals surface area contributed by atoms with Crippen LogP contribution < -0.4 is 10.5 Å². The van der Waals surface area contributed by atoms with Gasteiger partial charge in [-0.2, -0.15) is 0 Å². The molecule has 1 aromatic heterocycles. The molecule has 0 radical (unpaired) electrons. The molecule has 20 heavy (non-hydrogen) atoms. The van der Waals surface area contributed by atoms with Crippen LogP contribution in [0.4, 0.5) is 5.82 Å². The first-order valence-corrected chi connectivity index (χ1v) is 7.05. The summed E-state index contributed by atoms with van der Waals surface area (Å²) in [5.74, 6) is 2.14. The van der Waals surface area contributed by atoms with Crippen LogP contribution in [0.1, 0.15) is 38.4 Å². The monoisotopic (exact) mass is 272 g/mol. The molecule has 0 saturated heterocycles. The van der Waals surface area contributed by atoms with Gasteiger partial charge in [0.05, 0.1) is 12.7 Å². The highest BCUT2D eigenvalue weighted by Gasteiger charge is 2.38. The Hall–Kier alpha value is -1.97. The van der Waals surface area contributed by atoms with Gasteiger partial charge in [-0.3, -0.25) is 0 Å². The van der Waals surface area contributed by atoms with E-state index in [-0.39, 0.29) is 5.41 Å². The Kier molecular flexibility index (Phi) is 3.16. The molecule has 0 unspecified atom stereocenters. The van der Waals surface area contributed by atoms with Crippen LogP contribution in [-0.4, -0.2) is 12.3 Å². The molecule has 4 heteroatoms. The molecule has 106 valence electrons. The standard InChI is InChI=1S/C16H20N2O2/c1-16(9-5-6-10-16)14-13(15(17)18-20-14)11-7-3-4-8-12(11)19-2/h3-4,7-8H,5-6,9-10H2,1-2H3,(H2,17,18). The summed E-state index contributed by atoms with van der Waals surface area (Å²) in [7, 11) is 1.67. The van der Waals surface area contributed by atoms with Crippen LogP contribution in [0.2, 0.25) is 0 Å². The van der Waals surface area contributed by atoms with Crippen LogP contribution in [0.25, 0.3) is 11.1 Å². The zero-order chi connectivity index (χ0) is 14.2. The molecule has 0 bridgehead atoms. The van der Waals surface area contributed by atoms with Gasteiger partial charge in [0.15, 0.2) is 11.6 Å². The Balaban J connectivity index is 2.16. The maximum atomic E-state index is 6.06. The largest absolute Gasteiger partial charge is 0.496 e. The number of ether oxygens (including phenoxy) is 1. The Morgan fingerprint density at radius 2 is 1.95 bits per heavy atom. The number of aromatic nitrogens is 1. The molecule has 0 amide bonds. The summed E-state index contributed by atoms with van der Waals surface area (Å²) in [6, 6.07) is 7.86. The highest BCUT2D eigenvalue weighted by molar-refractivity contribution is 5.80. The molecule has 1 heterocycles. The summed E-state index contributed by atoms with van der Waals surface area (Å²) in [5, 5.41) is 4.01. The topological polar surface area (TPSA) is 61.3 Å². The first-order valence-electron chi connectivity index (χ1n) is 7.05. The second-order valence-corrected chi connectivity index (χ2v) is 5.74. The van der Waals surface area contributed by atoms with Gasteiger partial charge in [-0.25, -0.2) is 0 Å². The highest BCUT2D eigenvalue weighted by Crippen LogP contribution is 2.47. The predicted octanol–water partition coefficient (Wildman–Crippen LogP) is 3.76. The third kappa shape index (κ3) is 1.96. The zero-order valence-electron chi connectivity index (χ0n) is 12.0. The molecular weight excluding hydrogens is 252 g/mol. The van der Waals surface area contributed by atoms with Crippen LogP contribution in [-0.2, 0) is 5.41 Å². The van der Waals surface area contributed by atoms with Crippen molar-refractivity contribution in [3.05, 3.63) is 30.0 Å². The molecule has 1 saturated carbocycles. The molecular formula is C16H20N2O2. The van der Waals surface area contributed by atoms with Crippen molar-refractivity contribution in [2.75, 3.05) is 12.8 Å². The van der Waals surface area contributed by atoms with E-state index in [0.29, 0.717) is 5.82 Å². The number of hydrogen-bond acceptors (Lipinski definition) is 4. The van der Waals surface area contributed by atoms with Gasteiger partial charge in [0, 0.05) is 11.0 Å². The van der Waals surface area contributed by atoms with Crippen molar-refractivity contribution in [1.29, 1.82) is 0 Å². The highest BCUT2D eigenvalue weighted by atomic mass is 16.5. The van der Waals surface area contributed by atoms with Crippen molar-refractivity contribution in [3.63, 3.8) is 0 Å². The van der Waals surface area contributed by atoms with Gasteiger partial charge in [-0.1, -0.05) is 43.1 Å². The molecule has 1 fully saturated rings. The fourth-order valence-corrected chi connectivity index (χ4v) is 3.21. The van der Waals surface area contributed by atoms with Crippen molar-refractivity contribution in [1.82, 2.24) is 5.16 Å². The van der Waals surface area contributed by atoms with Gasteiger partial charge in [0.25, 0.3) is 0 Å². The van der Waals surface area contributed by atoms with E-state index < -0.39 is 0 Å². The SMILES string of the molecule is COc1ccccc1-c1c(N)noc1C1(C)CCCC1. The molecule has 1 aromatic carbocycles. The molecule has 3 rings (SSSR count). The van der Waals surface area contributed by atoms with Crippen LogP contribution in [0.15, 0.2) is 28.8 Å². The Morgan fingerprint density at radius 3 is 2.65 bits per heavy atom. The molecule has 2 N–H and O–H groups in total. The van der Waals surface area contributed by atoms with E-state index >= 15 is 0 Å². The Labute approximate surface area is 118 Å². The third-order valence-corrected chi connectivity index (χ3v) is 4.35. The van der Waals surface area contributed by atoms with Crippen molar-refractivity contribution in [2.45, 2.75) is 38.0 Å². The second-order valence-electron chi connectivity index (χ2n) is 5.74. The van der Waals surface area contributed by atoms with Crippen LogP contribution in [0.5, 0.6) is 5.75 Å². The number of methoxy groups -OCH3 is 1. The van der Waals surface area contributed by atoms with E-state index in [2.05, 4.69) is 12.1 Å². The van der Waals surface area contributed by atoms with Crippen molar-refractivity contribution in [2.24, 2.45) is 0 Å². The average molecular weight is 272 g/mol. The lowest BCUT2D eigenvalue weighted by atomic mass is 9.82. The molecule has 1 aliphatic rings. The van der Waals surface area contributed by atoms with Gasteiger partial charge in [-0.15, -0.1) is 0 Å². The number of benzene rings is 1. The zero-order valence-corrected chi connectivity index (χ0v) is 12.0. The van der Waals surface area contributed by atoms with Gasteiger partial charge in [-0.05, 0) is 18.9 Å². The van der Waals surface area contributed by atoms with E-state index in [4.69, 9.17) is 15.0 Å². The first-order chi connectivity index (χ1) is 9.65. The number of anilines is 1. The predicted molar refractivity (Wildman–Crippen MR) is 78.7 cm³/mol. The number of nitrogens with two attached hydrogens (primary N) is 1. The lowest BCUT2D eigenvalue weighted by Crippen LogP contribution is -2.17. The fraction of sp³-hybridized carbons (Fsp3) is 0.438.